The van der Waals surface area contributed by atoms with Gasteiger partial charge in [0.2, 0.25) is 0 Å². The summed E-state index contributed by atoms with van der Waals surface area (Å²) in [4.78, 5) is 0. The Morgan fingerprint density at radius 3 is 2.54 bits per heavy atom. The topological polar surface area (TPSA) is 23.8 Å². The van der Waals surface area contributed by atoms with Crippen LogP contribution in [0, 0.1) is 16.7 Å². The van der Waals surface area contributed by atoms with E-state index in [2.05, 4.69) is 32.6 Å². The summed E-state index contributed by atoms with van der Waals surface area (Å²) in [5.74, 6) is 0. The molecule has 0 aromatic rings. The Morgan fingerprint density at radius 2 is 2.15 bits per heavy atom. The summed E-state index contributed by atoms with van der Waals surface area (Å²) in [7, 11) is 0. The second kappa shape index (κ2) is 5.59. The van der Waals surface area contributed by atoms with Crippen LogP contribution in [-0.4, -0.2) is 0 Å². The standard InChI is InChI=1S/C12H19N/c1-5-8-12(4,10-13)9-6-7-11(2)3/h5,7H,1,6,8-9H2,2-4H3/t12-/m1/s1. The minimum absolute atomic E-state index is 0.228. The van der Waals surface area contributed by atoms with Crippen molar-refractivity contribution in [3.8, 4) is 6.07 Å². The molecular weight excluding hydrogens is 158 g/mol. The van der Waals surface area contributed by atoms with Gasteiger partial charge in [0.05, 0.1) is 11.5 Å². The van der Waals surface area contributed by atoms with Crippen LogP contribution >= 0.6 is 0 Å². The lowest BCUT2D eigenvalue weighted by Gasteiger charge is -2.18. The van der Waals surface area contributed by atoms with Crippen LogP contribution in [0.1, 0.15) is 40.0 Å². The summed E-state index contributed by atoms with van der Waals surface area (Å²) in [6, 6.07) is 2.35. The SMILES string of the molecule is C=CC[C@@](C)(C#N)CCC=C(C)C. The van der Waals surface area contributed by atoms with Gasteiger partial charge in [-0.2, -0.15) is 5.26 Å². The smallest absolute Gasteiger partial charge is 0.0690 e. The highest BCUT2D eigenvalue weighted by Crippen LogP contribution is 2.27. The Labute approximate surface area is 81.8 Å². The van der Waals surface area contributed by atoms with E-state index < -0.39 is 0 Å². The molecule has 13 heavy (non-hydrogen) atoms. The molecule has 0 aliphatic heterocycles. The van der Waals surface area contributed by atoms with Crippen molar-refractivity contribution in [2.75, 3.05) is 0 Å². The van der Waals surface area contributed by atoms with E-state index in [1.54, 1.807) is 0 Å². The van der Waals surface area contributed by atoms with Gasteiger partial charge in [0.1, 0.15) is 0 Å². The first-order chi connectivity index (χ1) is 6.04. The summed E-state index contributed by atoms with van der Waals surface area (Å²) in [6.45, 7) is 9.83. The van der Waals surface area contributed by atoms with Gasteiger partial charge in [-0.3, -0.25) is 0 Å². The fourth-order valence-corrected chi connectivity index (χ4v) is 1.20. The van der Waals surface area contributed by atoms with Crippen LogP contribution in [0.4, 0.5) is 0 Å². The molecule has 0 radical (unpaired) electrons. The van der Waals surface area contributed by atoms with E-state index in [4.69, 9.17) is 5.26 Å². The van der Waals surface area contributed by atoms with Crippen LogP contribution in [0.5, 0.6) is 0 Å². The molecule has 0 aromatic carbocycles. The van der Waals surface area contributed by atoms with E-state index in [0.717, 1.165) is 19.3 Å². The van der Waals surface area contributed by atoms with Gasteiger partial charge in [-0.15, -0.1) is 6.58 Å². The molecule has 0 amide bonds. The molecule has 0 N–H and O–H groups in total. The van der Waals surface area contributed by atoms with Crippen LogP contribution in [0.2, 0.25) is 0 Å². The lowest BCUT2D eigenvalue weighted by molar-refractivity contribution is 0.414. The van der Waals surface area contributed by atoms with Crippen molar-refractivity contribution in [1.82, 2.24) is 0 Å². The number of rotatable bonds is 5. The molecule has 0 aromatic heterocycles. The largest absolute Gasteiger partial charge is 0.198 e. The zero-order chi connectivity index (χ0) is 10.3. The summed E-state index contributed by atoms with van der Waals surface area (Å²) >= 11 is 0. The molecule has 72 valence electrons. The minimum atomic E-state index is -0.228. The molecule has 1 heteroatoms. The number of hydrogen-bond donors (Lipinski definition) is 0. The zero-order valence-corrected chi connectivity index (χ0v) is 8.93. The van der Waals surface area contributed by atoms with Crippen molar-refractivity contribution in [3.05, 3.63) is 24.3 Å². The van der Waals surface area contributed by atoms with Crippen LogP contribution in [0.3, 0.4) is 0 Å². The maximum Gasteiger partial charge on any atom is 0.0690 e. The highest BCUT2D eigenvalue weighted by molar-refractivity contribution is 5.02. The van der Waals surface area contributed by atoms with Gasteiger partial charge in [-0.25, -0.2) is 0 Å². The molecule has 0 aliphatic rings. The van der Waals surface area contributed by atoms with Gasteiger partial charge in [0.25, 0.3) is 0 Å². The van der Waals surface area contributed by atoms with Gasteiger partial charge in [0, 0.05) is 0 Å². The Hall–Kier alpha value is -1.03. The van der Waals surface area contributed by atoms with E-state index >= 15 is 0 Å². The lowest BCUT2D eigenvalue weighted by atomic mass is 9.83. The predicted octanol–water partition coefficient (Wildman–Crippen LogP) is 3.84. The summed E-state index contributed by atoms with van der Waals surface area (Å²) in [5.41, 5.74) is 1.09. The van der Waals surface area contributed by atoms with Crippen LogP contribution in [-0.2, 0) is 0 Å². The molecule has 0 bridgehead atoms. The normalized spacial score (nSPS) is 14.0. The Kier molecular flexibility index (Phi) is 5.14. The molecule has 1 nitrogen and oxygen atoms in total. The summed E-state index contributed by atoms with van der Waals surface area (Å²) in [5, 5.41) is 8.96. The van der Waals surface area contributed by atoms with Gasteiger partial charge in [0.15, 0.2) is 0 Å². The van der Waals surface area contributed by atoms with Gasteiger partial charge in [-0.05, 0) is 40.0 Å². The Bertz CT molecular complexity index is 228. The summed E-state index contributed by atoms with van der Waals surface area (Å²) in [6.07, 6.45) is 6.69. The number of nitriles is 1. The van der Waals surface area contributed by atoms with E-state index in [1.807, 2.05) is 13.0 Å². The first-order valence-corrected chi connectivity index (χ1v) is 4.69. The maximum atomic E-state index is 8.96. The fourth-order valence-electron chi connectivity index (χ4n) is 1.20. The first kappa shape index (κ1) is 12.0. The molecule has 0 spiro atoms. The zero-order valence-electron chi connectivity index (χ0n) is 8.93. The van der Waals surface area contributed by atoms with Crippen molar-refractivity contribution in [2.24, 2.45) is 5.41 Å². The fraction of sp³-hybridized carbons (Fsp3) is 0.583. The van der Waals surface area contributed by atoms with Crippen LogP contribution in [0.25, 0.3) is 0 Å². The highest BCUT2D eigenvalue weighted by atomic mass is 14.3. The molecule has 1 atom stereocenters. The quantitative estimate of drug-likeness (QED) is 0.585. The molecule has 0 unspecified atom stereocenters. The number of allylic oxidation sites excluding steroid dienone is 3. The highest BCUT2D eigenvalue weighted by Gasteiger charge is 2.20. The van der Waals surface area contributed by atoms with E-state index in [9.17, 15) is 0 Å². The van der Waals surface area contributed by atoms with Gasteiger partial charge < -0.3 is 0 Å². The first-order valence-electron chi connectivity index (χ1n) is 4.69. The van der Waals surface area contributed by atoms with Crippen LogP contribution in [0.15, 0.2) is 24.3 Å². The molecule has 0 rings (SSSR count). The molecule has 0 saturated heterocycles. The average Bonchev–Trinajstić information content (AvgIpc) is 2.04. The minimum Gasteiger partial charge on any atom is -0.198 e. The van der Waals surface area contributed by atoms with E-state index in [-0.39, 0.29) is 5.41 Å². The van der Waals surface area contributed by atoms with Gasteiger partial charge >= 0.3 is 0 Å². The third-order valence-electron chi connectivity index (χ3n) is 2.11. The third-order valence-corrected chi connectivity index (χ3v) is 2.11. The van der Waals surface area contributed by atoms with E-state index in [0.29, 0.717) is 0 Å². The molecule has 0 saturated carbocycles. The third kappa shape index (κ3) is 5.25. The van der Waals surface area contributed by atoms with Crippen molar-refractivity contribution in [1.29, 1.82) is 5.26 Å². The second-order valence-corrected chi connectivity index (χ2v) is 3.99. The molecule has 0 fully saturated rings. The predicted molar refractivity (Wildman–Crippen MR) is 57.2 cm³/mol. The van der Waals surface area contributed by atoms with Crippen LogP contribution < -0.4 is 0 Å². The second-order valence-electron chi connectivity index (χ2n) is 3.99. The lowest BCUT2D eigenvalue weighted by Crippen LogP contribution is -2.11. The molecule has 0 heterocycles. The summed E-state index contributed by atoms with van der Waals surface area (Å²) < 4.78 is 0. The van der Waals surface area contributed by atoms with Crippen molar-refractivity contribution >= 4 is 0 Å². The van der Waals surface area contributed by atoms with E-state index in [1.165, 1.54) is 5.57 Å². The van der Waals surface area contributed by atoms with Crippen molar-refractivity contribution < 1.29 is 0 Å². The Balaban J connectivity index is 4.07. The van der Waals surface area contributed by atoms with Crippen molar-refractivity contribution in [2.45, 2.75) is 40.0 Å². The maximum absolute atomic E-state index is 8.96. The molecule has 0 aliphatic carbocycles. The monoisotopic (exact) mass is 177 g/mol. The Morgan fingerprint density at radius 1 is 1.54 bits per heavy atom. The number of hydrogen-bond acceptors (Lipinski definition) is 1. The number of nitrogens with zero attached hydrogens (tertiary/aromatic N) is 1. The van der Waals surface area contributed by atoms with Gasteiger partial charge in [-0.1, -0.05) is 17.7 Å². The van der Waals surface area contributed by atoms with Crippen molar-refractivity contribution in [3.63, 3.8) is 0 Å². The molecular formula is C12H19N. The average molecular weight is 177 g/mol.